The highest BCUT2D eigenvalue weighted by molar-refractivity contribution is 5.30. The molecule has 0 saturated heterocycles. The molecule has 1 aromatic heterocycles. The Morgan fingerprint density at radius 2 is 2.16 bits per heavy atom. The molecule has 0 spiro atoms. The molecule has 2 N–H and O–H groups in total. The summed E-state index contributed by atoms with van der Waals surface area (Å²) in [5, 5.41) is 12.1. The molecule has 1 atom stereocenters. The summed E-state index contributed by atoms with van der Waals surface area (Å²) in [5.74, 6) is 0.777. The van der Waals surface area contributed by atoms with Gasteiger partial charge in [0.15, 0.2) is 5.82 Å². The maximum Gasteiger partial charge on any atom is 0.293 e. The zero-order valence-corrected chi connectivity index (χ0v) is 12.1. The third kappa shape index (κ3) is 4.67. The number of aliphatic hydroxyl groups is 1. The van der Waals surface area contributed by atoms with Crippen molar-refractivity contribution in [2.24, 2.45) is 5.92 Å². The Hall–Kier alpha value is -1.36. The molecule has 0 radical (unpaired) electrons. The van der Waals surface area contributed by atoms with Crippen LogP contribution in [0.3, 0.4) is 0 Å². The Kier molecular flexibility index (Phi) is 6.56. The highest BCUT2D eigenvalue weighted by atomic mass is 16.3. The summed E-state index contributed by atoms with van der Waals surface area (Å²) < 4.78 is 1.66. The van der Waals surface area contributed by atoms with E-state index in [1.807, 2.05) is 13.8 Å². The summed E-state index contributed by atoms with van der Waals surface area (Å²) in [6.07, 6.45) is 6.22. The molecule has 0 aliphatic carbocycles. The van der Waals surface area contributed by atoms with E-state index >= 15 is 0 Å². The molecular formula is C14H25N3O2. The molecule has 108 valence electrons. The zero-order valence-electron chi connectivity index (χ0n) is 12.1. The molecule has 1 aromatic rings. The van der Waals surface area contributed by atoms with Gasteiger partial charge in [-0.05, 0) is 32.6 Å². The molecule has 0 aliphatic heterocycles. The van der Waals surface area contributed by atoms with E-state index in [-0.39, 0.29) is 18.2 Å². The van der Waals surface area contributed by atoms with Crippen LogP contribution in [0.1, 0.15) is 46.1 Å². The zero-order chi connectivity index (χ0) is 14.3. The van der Waals surface area contributed by atoms with Crippen molar-refractivity contribution in [1.29, 1.82) is 0 Å². The highest BCUT2D eigenvalue weighted by Gasteiger charge is 2.10. The van der Waals surface area contributed by atoms with E-state index in [1.165, 1.54) is 0 Å². The molecule has 19 heavy (non-hydrogen) atoms. The SMILES string of the molecule is CCCC(CCO)CNc1nccn(C(C)C)c1=O. The lowest BCUT2D eigenvalue weighted by Gasteiger charge is -2.16. The summed E-state index contributed by atoms with van der Waals surface area (Å²) in [4.78, 5) is 16.2. The van der Waals surface area contributed by atoms with Crippen molar-refractivity contribution in [2.45, 2.75) is 46.1 Å². The lowest BCUT2D eigenvalue weighted by atomic mass is 10.0. The maximum absolute atomic E-state index is 12.1. The number of nitrogens with one attached hydrogen (secondary N) is 1. The molecular weight excluding hydrogens is 242 g/mol. The Morgan fingerprint density at radius 1 is 1.42 bits per heavy atom. The van der Waals surface area contributed by atoms with Crippen molar-refractivity contribution in [1.82, 2.24) is 9.55 Å². The normalized spacial score (nSPS) is 12.7. The van der Waals surface area contributed by atoms with Crippen molar-refractivity contribution >= 4 is 5.82 Å². The van der Waals surface area contributed by atoms with Gasteiger partial charge < -0.3 is 15.0 Å². The summed E-state index contributed by atoms with van der Waals surface area (Å²) in [6, 6.07) is 0.125. The third-order valence-electron chi connectivity index (χ3n) is 3.22. The molecule has 0 aromatic carbocycles. The minimum atomic E-state index is -0.0863. The number of aromatic nitrogens is 2. The Balaban J connectivity index is 2.71. The quantitative estimate of drug-likeness (QED) is 0.756. The second-order valence-corrected chi connectivity index (χ2v) is 5.13. The van der Waals surface area contributed by atoms with E-state index in [0.29, 0.717) is 18.3 Å². The lowest BCUT2D eigenvalue weighted by Crippen LogP contribution is -2.27. The average molecular weight is 267 g/mol. The standard InChI is InChI=1S/C14H25N3O2/c1-4-5-12(6-9-18)10-16-13-14(19)17(11(2)3)8-7-15-13/h7-8,11-12,18H,4-6,9-10H2,1-3H3,(H,15,16). The van der Waals surface area contributed by atoms with Crippen LogP contribution in [0.4, 0.5) is 5.82 Å². The summed E-state index contributed by atoms with van der Waals surface area (Å²) in [7, 11) is 0. The predicted octanol–water partition coefficient (Wildman–Crippen LogP) is 2.03. The van der Waals surface area contributed by atoms with Gasteiger partial charge >= 0.3 is 0 Å². The first-order chi connectivity index (χ1) is 9.10. The summed E-state index contributed by atoms with van der Waals surface area (Å²) in [5.41, 5.74) is -0.0863. The monoisotopic (exact) mass is 267 g/mol. The summed E-state index contributed by atoms with van der Waals surface area (Å²) in [6.45, 7) is 6.92. The topological polar surface area (TPSA) is 67.2 Å². The van der Waals surface area contributed by atoms with E-state index in [2.05, 4.69) is 17.2 Å². The minimum Gasteiger partial charge on any atom is -0.396 e. The predicted molar refractivity (Wildman–Crippen MR) is 77.5 cm³/mol. The van der Waals surface area contributed by atoms with Crippen LogP contribution in [0.25, 0.3) is 0 Å². The molecule has 0 bridgehead atoms. The van der Waals surface area contributed by atoms with E-state index in [1.54, 1.807) is 17.0 Å². The smallest absolute Gasteiger partial charge is 0.293 e. The highest BCUT2D eigenvalue weighted by Crippen LogP contribution is 2.11. The van der Waals surface area contributed by atoms with Gasteiger partial charge in [0.2, 0.25) is 0 Å². The van der Waals surface area contributed by atoms with Crippen molar-refractivity contribution in [2.75, 3.05) is 18.5 Å². The second-order valence-electron chi connectivity index (χ2n) is 5.13. The minimum absolute atomic E-state index is 0.0863. The first-order valence-electron chi connectivity index (χ1n) is 7.02. The lowest BCUT2D eigenvalue weighted by molar-refractivity contribution is 0.255. The third-order valence-corrected chi connectivity index (χ3v) is 3.22. The van der Waals surface area contributed by atoms with Crippen LogP contribution >= 0.6 is 0 Å². The number of hydrogen-bond acceptors (Lipinski definition) is 4. The molecule has 0 amide bonds. The molecule has 0 fully saturated rings. The Labute approximate surface area is 114 Å². The van der Waals surface area contributed by atoms with Gasteiger partial charge in [-0.1, -0.05) is 13.3 Å². The van der Waals surface area contributed by atoms with Gasteiger partial charge in [-0.3, -0.25) is 4.79 Å². The molecule has 1 rings (SSSR count). The number of nitrogens with zero attached hydrogens (tertiary/aromatic N) is 2. The van der Waals surface area contributed by atoms with Gasteiger partial charge in [-0.2, -0.15) is 0 Å². The van der Waals surface area contributed by atoms with Gasteiger partial charge in [0, 0.05) is 31.6 Å². The molecule has 0 saturated carbocycles. The van der Waals surface area contributed by atoms with Crippen LogP contribution in [0.2, 0.25) is 0 Å². The second kappa shape index (κ2) is 7.94. The first kappa shape index (κ1) is 15.7. The van der Waals surface area contributed by atoms with E-state index < -0.39 is 0 Å². The molecule has 1 unspecified atom stereocenters. The fraction of sp³-hybridized carbons (Fsp3) is 0.714. The van der Waals surface area contributed by atoms with Crippen LogP contribution in [-0.2, 0) is 0 Å². The van der Waals surface area contributed by atoms with Crippen molar-refractivity contribution in [3.05, 3.63) is 22.7 Å². The van der Waals surface area contributed by atoms with Gasteiger partial charge in [0.25, 0.3) is 5.56 Å². The van der Waals surface area contributed by atoms with E-state index in [0.717, 1.165) is 19.3 Å². The number of anilines is 1. The van der Waals surface area contributed by atoms with Crippen molar-refractivity contribution in [3.8, 4) is 0 Å². The van der Waals surface area contributed by atoms with E-state index in [9.17, 15) is 4.79 Å². The van der Waals surface area contributed by atoms with Crippen LogP contribution in [-0.4, -0.2) is 27.8 Å². The maximum atomic E-state index is 12.1. The summed E-state index contributed by atoms with van der Waals surface area (Å²) >= 11 is 0. The van der Waals surface area contributed by atoms with Gasteiger partial charge in [-0.25, -0.2) is 4.98 Å². The van der Waals surface area contributed by atoms with Crippen LogP contribution < -0.4 is 10.9 Å². The van der Waals surface area contributed by atoms with Gasteiger partial charge in [0.1, 0.15) is 0 Å². The molecule has 1 heterocycles. The van der Waals surface area contributed by atoms with Gasteiger partial charge in [-0.15, -0.1) is 0 Å². The Bertz CT molecular complexity index is 423. The van der Waals surface area contributed by atoms with Crippen LogP contribution in [0, 0.1) is 5.92 Å². The van der Waals surface area contributed by atoms with Crippen LogP contribution in [0.5, 0.6) is 0 Å². The van der Waals surface area contributed by atoms with E-state index in [4.69, 9.17) is 5.11 Å². The number of aliphatic hydroxyl groups excluding tert-OH is 1. The number of rotatable bonds is 8. The fourth-order valence-electron chi connectivity index (χ4n) is 2.13. The van der Waals surface area contributed by atoms with Gasteiger partial charge in [0.05, 0.1) is 0 Å². The average Bonchev–Trinajstić information content (AvgIpc) is 2.37. The van der Waals surface area contributed by atoms with Crippen molar-refractivity contribution in [3.63, 3.8) is 0 Å². The molecule has 5 nitrogen and oxygen atoms in total. The molecule has 0 aliphatic rings. The van der Waals surface area contributed by atoms with Crippen molar-refractivity contribution < 1.29 is 5.11 Å². The fourth-order valence-corrected chi connectivity index (χ4v) is 2.13. The number of hydrogen-bond donors (Lipinski definition) is 2. The Morgan fingerprint density at radius 3 is 2.74 bits per heavy atom. The first-order valence-corrected chi connectivity index (χ1v) is 7.02. The molecule has 5 heteroatoms. The largest absolute Gasteiger partial charge is 0.396 e. The van der Waals surface area contributed by atoms with Crippen LogP contribution in [0.15, 0.2) is 17.2 Å².